The molecule has 7 saturated heterocycles. The average molecular weight is 1350 g/mol. The van der Waals surface area contributed by atoms with Gasteiger partial charge in [0.1, 0.15) is 176 Å². The van der Waals surface area contributed by atoms with E-state index in [9.17, 15) is 117 Å². The molecule has 0 radical (unpaired) electrons. The second-order valence-corrected chi connectivity index (χ2v) is 23.1. The third-order valence-electron chi connectivity index (χ3n) is 16.5. The van der Waals surface area contributed by atoms with E-state index in [4.69, 9.17) is 71.1 Å². The lowest BCUT2D eigenvalue weighted by Crippen LogP contribution is -2.68. The van der Waals surface area contributed by atoms with Gasteiger partial charge in [-0.25, -0.2) is 4.79 Å². The van der Waals surface area contributed by atoms with E-state index in [2.05, 4.69) is 0 Å². The zero-order valence-corrected chi connectivity index (χ0v) is 48.7. The fraction of sp³-hybridized carbons (Fsp3) is 0.745. The van der Waals surface area contributed by atoms with Gasteiger partial charge in [0.25, 0.3) is 0 Å². The molecule has 7 aliphatic heterocycles. The van der Waals surface area contributed by atoms with Gasteiger partial charge in [-0.3, -0.25) is 4.79 Å². The van der Waals surface area contributed by atoms with Gasteiger partial charge in [-0.15, -0.1) is 0 Å². The van der Waals surface area contributed by atoms with Crippen molar-refractivity contribution in [3.8, 4) is 11.5 Å². The maximum atomic E-state index is 12.6. The number of aromatic carboxylic acids is 1. The van der Waals surface area contributed by atoms with Crippen LogP contribution < -0.4 is 4.74 Å². The lowest BCUT2D eigenvalue weighted by molar-refractivity contribution is -0.393. The Morgan fingerprint density at radius 2 is 0.796 bits per heavy atom. The lowest BCUT2D eigenvalue weighted by atomic mass is 9.95. The SMILES string of the molecule is O=C(Cc1ccc(O)c(C(=O)O)c1)OCc1ccc(O[C@@H]2O[C@@H](CO)[C@@H](O[C@@H]3OC(CO[C@H]4OC[C@@H](O)[C@H](O)C4O)[C@@H](O[C@@H]4O[C@@H](CO[C@H]5OC[C@@H](O)C(O)C5O)[C@@H](O[C@@H]5OC(CO[C@H]6OC[C@@H](O)[C@H](O)C6O)[C@@H](O)[C@H](O)C5O)[C@H](O)C4O)[C@H](O)C3O)C(O)C2O)cc1. The van der Waals surface area contributed by atoms with Gasteiger partial charge in [-0.1, -0.05) is 18.2 Å². The number of aliphatic hydroxyl groups is 19. The molecule has 11 unspecified atom stereocenters. The van der Waals surface area contributed by atoms with Crippen molar-refractivity contribution in [1.82, 2.24) is 0 Å². The van der Waals surface area contributed by atoms with Crippen LogP contribution in [0.25, 0.3) is 0 Å². The number of hydrogen-bond acceptors (Lipinski definition) is 37. The Balaban J connectivity index is 0.886. The predicted octanol–water partition coefficient (Wildman–Crippen LogP) is -11.6. The Morgan fingerprint density at radius 1 is 0.419 bits per heavy atom. The average Bonchev–Trinajstić information content (AvgIpc) is 0.790. The Labute approximate surface area is 525 Å². The summed E-state index contributed by atoms with van der Waals surface area (Å²) in [5.74, 6) is -2.61. The number of carboxylic acid groups (broad SMARTS) is 1. The van der Waals surface area contributed by atoms with E-state index in [1.807, 2.05) is 0 Å². The highest BCUT2D eigenvalue weighted by atomic mass is 16.8. The maximum Gasteiger partial charge on any atom is 0.339 e. The first kappa shape index (κ1) is 73.0. The van der Waals surface area contributed by atoms with E-state index in [0.717, 1.165) is 12.1 Å². The molecule has 38 nitrogen and oxygen atoms in total. The molecule has 7 fully saturated rings. The lowest BCUT2D eigenvalue weighted by Gasteiger charge is -2.49. The normalized spacial score (nSPS) is 44.1. The van der Waals surface area contributed by atoms with Crippen LogP contribution in [0.1, 0.15) is 21.5 Å². The van der Waals surface area contributed by atoms with E-state index < -0.39 is 266 Å². The fourth-order valence-electron chi connectivity index (χ4n) is 11.0. The molecule has 2 aromatic rings. The smallest absolute Gasteiger partial charge is 0.339 e. The first-order valence-corrected chi connectivity index (χ1v) is 29.3. The van der Waals surface area contributed by atoms with Crippen LogP contribution in [0.5, 0.6) is 11.5 Å². The summed E-state index contributed by atoms with van der Waals surface area (Å²) in [6, 6.07) is 9.27. The van der Waals surface area contributed by atoms with Gasteiger partial charge in [0.2, 0.25) is 6.29 Å². The Kier molecular flexibility index (Phi) is 25.0. The summed E-state index contributed by atoms with van der Waals surface area (Å²) in [4.78, 5) is 23.9. The number of carboxylic acids is 1. The van der Waals surface area contributed by atoms with Crippen LogP contribution >= 0.6 is 0 Å². The van der Waals surface area contributed by atoms with Crippen LogP contribution in [0.3, 0.4) is 0 Å². The highest BCUT2D eigenvalue weighted by Gasteiger charge is 2.57. The maximum absolute atomic E-state index is 12.6. The molecule has 0 spiro atoms. The molecule has 526 valence electrons. The molecule has 7 aliphatic rings. The molecule has 38 heteroatoms. The predicted molar refractivity (Wildman–Crippen MR) is 287 cm³/mol. The third kappa shape index (κ3) is 16.8. The van der Waals surface area contributed by atoms with Crippen molar-refractivity contribution in [2.45, 2.75) is 210 Å². The first-order chi connectivity index (χ1) is 44.1. The summed E-state index contributed by atoms with van der Waals surface area (Å²) >= 11 is 0. The van der Waals surface area contributed by atoms with Gasteiger partial charge in [-0.05, 0) is 35.4 Å². The molecule has 32 atom stereocenters. The number of benzene rings is 2. The van der Waals surface area contributed by atoms with Gasteiger partial charge in [0.05, 0.1) is 52.7 Å². The second-order valence-electron chi connectivity index (χ2n) is 23.1. The number of carbonyl (C=O) groups is 2. The first-order valence-electron chi connectivity index (χ1n) is 29.3. The summed E-state index contributed by atoms with van der Waals surface area (Å²) in [5.41, 5.74) is 0.285. The number of hydrogen-bond donors (Lipinski definition) is 21. The molecular formula is C55H78O38. The number of phenols is 1. The van der Waals surface area contributed by atoms with Gasteiger partial charge < -0.3 is 178 Å². The highest BCUT2D eigenvalue weighted by molar-refractivity contribution is 5.91. The Morgan fingerprint density at radius 3 is 1.24 bits per heavy atom. The fourth-order valence-corrected chi connectivity index (χ4v) is 11.0. The monoisotopic (exact) mass is 1350 g/mol. The number of aliphatic hydroxyl groups excluding tert-OH is 19. The summed E-state index contributed by atoms with van der Waals surface area (Å²) < 4.78 is 85.3. The molecule has 9 rings (SSSR count). The number of aromatic hydroxyl groups is 1. The Bertz CT molecular complexity index is 2700. The van der Waals surface area contributed by atoms with Gasteiger partial charge >= 0.3 is 11.9 Å². The highest BCUT2D eigenvalue weighted by Crippen LogP contribution is 2.37. The third-order valence-corrected chi connectivity index (χ3v) is 16.5. The van der Waals surface area contributed by atoms with Crippen molar-refractivity contribution < 1.29 is 188 Å². The van der Waals surface area contributed by atoms with Crippen molar-refractivity contribution in [1.29, 1.82) is 0 Å². The zero-order valence-electron chi connectivity index (χ0n) is 48.7. The second kappa shape index (κ2) is 31.9. The number of carbonyl (C=O) groups excluding carboxylic acids is 1. The molecule has 2 aromatic carbocycles. The van der Waals surface area contributed by atoms with E-state index in [0.29, 0.717) is 5.56 Å². The van der Waals surface area contributed by atoms with Crippen molar-refractivity contribution in [2.24, 2.45) is 0 Å². The van der Waals surface area contributed by atoms with Crippen LogP contribution in [0.15, 0.2) is 42.5 Å². The summed E-state index contributed by atoms with van der Waals surface area (Å²) in [6.45, 7) is -5.44. The molecule has 0 saturated carbocycles. The van der Waals surface area contributed by atoms with Crippen molar-refractivity contribution in [2.75, 3.05) is 46.2 Å². The van der Waals surface area contributed by atoms with E-state index in [-0.39, 0.29) is 24.3 Å². The number of rotatable bonds is 23. The van der Waals surface area contributed by atoms with E-state index in [1.165, 1.54) is 30.3 Å². The van der Waals surface area contributed by atoms with E-state index in [1.54, 1.807) is 0 Å². The molecule has 21 N–H and O–H groups in total. The van der Waals surface area contributed by atoms with Crippen molar-refractivity contribution >= 4 is 11.9 Å². The topological polar surface area (TPSA) is 597 Å². The largest absolute Gasteiger partial charge is 0.507 e. The molecular weight excluding hydrogens is 1270 g/mol. The Hall–Kier alpha value is -4.30. The molecule has 7 heterocycles. The van der Waals surface area contributed by atoms with Crippen molar-refractivity contribution in [3.63, 3.8) is 0 Å². The molecule has 0 bridgehead atoms. The minimum atomic E-state index is -2.34. The van der Waals surface area contributed by atoms with Crippen LogP contribution in [0.4, 0.5) is 0 Å². The van der Waals surface area contributed by atoms with Crippen LogP contribution in [-0.4, -0.2) is 362 Å². The van der Waals surface area contributed by atoms with Gasteiger partial charge in [0, 0.05) is 0 Å². The molecule has 0 aliphatic carbocycles. The van der Waals surface area contributed by atoms with E-state index >= 15 is 0 Å². The molecule has 93 heavy (non-hydrogen) atoms. The van der Waals surface area contributed by atoms with Gasteiger partial charge in [-0.2, -0.15) is 0 Å². The molecule has 0 amide bonds. The summed E-state index contributed by atoms with van der Waals surface area (Å²) in [6.07, 6.45) is -61.8. The minimum absolute atomic E-state index is 0.0201. The zero-order chi connectivity index (χ0) is 67.4. The standard InChI is InChI=1S/C55H78O38/c56-9-25-45(35(67)42(74)52(87-25)86-19-4-1-17(2-5-19)10-79-29(61)8-18-3-6-21(57)20(7-18)48(77)78)91-54-43(75)36(68)47(28(89-54)16-85-51-40(72)32(64)24(60)13-82-51)93-55-44(76)37(69)46(27(90-55)15-84-50-39(71)31(63)23(59)12-81-50)92-53-41(73)34(66)33(65)26(88-53)14-83-49-38(70)30(62)22(58)11-80-49/h1-7,22-28,30-47,49-60,62-76H,8-16H2,(H,77,78)/t22-,23-,24-,25+,26?,27+,28?,30+,31?,32+,33-,34+,35?,36-,37-,38?,39?,40?,41?,42?,43?,44?,45-,46-,47-,49-,50-,51-,52-,53+,54+,55+/m1/s1. The van der Waals surface area contributed by atoms with Crippen LogP contribution in [0.2, 0.25) is 0 Å². The molecule has 0 aromatic heterocycles. The number of ether oxygens (including phenoxy) is 15. The summed E-state index contributed by atoms with van der Waals surface area (Å²) in [5, 5.41) is 225. The van der Waals surface area contributed by atoms with Crippen LogP contribution in [-0.2, 0) is 84.1 Å². The minimum Gasteiger partial charge on any atom is -0.507 e. The van der Waals surface area contributed by atoms with Crippen LogP contribution in [0, 0.1) is 0 Å². The number of esters is 1. The van der Waals surface area contributed by atoms with Crippen molar-refractivity contribution in [3.05, 3.63) is 59.2 Å². The summed E-state index contributed by atoms with van der Waals surface area (Å²) in [7, 11) is 0. The quantitative estimate of drug-likeness (QED) is 0.0459. The van der Waals surface area contributed by atoms with Gasteiger partial charge in [0.15, 0.2) is 37.7 Å².